The number of amides is 2. The van der Waals surface area contributed by atoms with E-state index in [0.717, 1.165) is 0 Å². The largest absolute Gasteiger partial charge is 0.505 e. The molecule has 0 aliphatic heterocycles. The molecule has 0 aliphatic rings. The molecule has 10 nitrogen and oxygen atoms in total. The molecule has 1 heterocycles. The highest BCUT2D eigenvalue weighted by Crippen LogP contribution is 2.29. The molecule has 39 heavy (non-hydrogen) atoms. The molecule has 0 aliphatic carbocycles. The number of aromatic nitrogens is 1. The molecule has 0 spiro atoms. The van der Waals surface area contributed by atoms with Crippen molar-refractivity contribution in [3.05, 3.63) is 80.7 Å². The molecule has 3 rings (SSSR count). The summed E-state index contributed by atoms with van der Waals surface area (Å²) in [7, 11) is 0. The molecule has 0 unspecified atom stereocenters. The van der Waals surface area contributed by atoms with E-state index < -0.39 is 35.8 Å². The summed E-state index contributed by atoms with van der Waals surface area (Å²) in [4.78, 5) is 37.9. The van der Waals surface area contributed by atoms with Gasteiger partial charge in [0.05, 0.1) is 31.7 Å². The van der Waals surface area contributed by atoms with Crippen LogP contribution in [0.2, 0.25) is 5.02 Å². The summed E-state index contributed by atoms with van der Waals surface area (Å²) in [5, 5.41) is 25.3. The number of ether oxygens (including phenoxy) is 2. The molecule has 4 N–H and O–H groups in total. The number of anilines is 1. The van der Waals surface area contributed by atoms with Gasteiger partial charge in [-0.05, 0) is 57.5 Å². The Morgan fingerprint density at radius 3 is 2.51 bits per heavy atom. The third-order valence-electron chi connectivity index (χ3n) is 5.73. The summed E-state index contributed by atoms with van der Waals surface area (Å²) in [5.74, 6) is -0.543. The Hall–Kier alpha value is -4.18. The van der Waals surface area contributed by atoms with Gasteiger partial charge < -0.3 is 34.9 Å². The summed E-state index contributed by atoms with van der Waals surface area (Å²) in [5.41, 5.74) is 0.452. The fourth-order valence-corrected chi connectivity index (χ4v) is 4.24. The Morgan fingerprint density at radius 1 is 1.13 bits per heavy atom. The Balaban J connectivity index is 1.89. The minimum absolute atomic E-state index is 0.0283. The molecule has 2 amide bonds. The van der Waals surface area contributed by atoms with Crippen LogP contribution in [0.25, 0.3) is 0 Å². The molecule has 208 valence electrons. The number of aromatic hydroxyl groups is 1. The minimum atomic E-state index is -1.14. The van der Waals surface area contributed by atoms with Gasteiger partial charge >= 0.3 is 12.0 Å². The molecule has 0 saturated heterocycles. The molecule has 0 bridgehead atoms. The number of aryl methyl sites for hydroxylation is 1. The van der Waals surface area contributed by atoms with Gasteiger partial charge in [-0.3, -0.25) is 9.59 Å². The topological polar surface area (TPSA) is 139 Å². The Labute approximate surface area is 231 Å². The SMILES string of the molecule is CCOc1cccc(Cl)c1Cn1c(C)cc(O)c(NC(=O)N[C@@H](CC(=O)O)c2cccc(OC(C)C)c2)c1=O. The van der Waals surface area contributed by atoms with Gasteiger partial charge in [0.15, 0.2) is 5.69 Å². The van der Waals surface area contributed by atoms with Gasteiger partial charge in [-0.1, -0.05) is 29.8 Å². The van der Waals surface area contributed by atoms with E-state index in [4.69, 9.17) is 21.1 Å². The number of aliphatic carboxylic acids is 1. The number of hydrogen-bond acceptors (Lipinski definition) is 6. The zero-order chi connectivity index (χ0) is 28.7. The standard InChI is InChI=1S/C28H32ClN3O7/c1-5-38-24-11-7-10-21(29)20(24)15-32-17(4)12-23(33)26(27(32)36)31-28(37)30-22(14-25(34)35)18-8-6-9-19(13-18)39-16(2)3/h6-13,16,22,33H,5,14-15H2,1-4H3,(H,34,35)(H2,30,31,37)/t22-/m0/s1. The first-order valence-corrected chi connectivity index (χ1v) is 12.8. The van der Waals surface area contributed by atoms with E-state index in [-0.39, 0.29) is 18.3 Å². The average molecular weight is 558 g/mol. The van der Waals surface area contributed by atoms with Crippen molar-refractivity contribution in [1.29, 1.82) is 0 Å². The minimum Gasteiger partial charge on any atom is -0.505 e. The van der Waals surface area contributed by atoms with Crippen LogP contribution in [0.3, 0.4) is 0 Å². The van der Waals surface area contributed by atoms with Crippen LogP contribution in [0.15, 0.2) is 53.3 Å². The highest BCUT2D eigenvalue weighted by Gasteiger charge is 2.22. The average Bonchev–Trinajstić information content (AvgIpc) is 2.85. The molecule has 1 atom stereocenters. The second-order valence-electron chi connectivity index (χ2n) is 9.07. The number of carbonyl (C=O) groups excluding carboxylic acids is 1. The molecular weight excluding hydrogens is 526 g/mol. The maximum atomic E-state index is 13.4. The van der Waals surface area contributed by atoms with Crippen molar-refractivity contribution < 1.29 is 29.3 Å². The monoisotopic (exact) mass is 557 g/mol. The lowest BCUT2D eigenvalue weighted by atomic mass is 10.0. The maximum Gasteiger partial charge on any atom is 0.319 e. The number of halogens is 1. The van der Waals surface area contributed by atoms with Crippen molar-refractivity contribution in [3.8, 4) is 17.2 Å². The maximum absolute atomic E-state index is 13.4. The summed E-state index contributed by atoms with van der Waals surface area (Å²) >= 11 is 6.39. The van der Waals surface area contributed by atoms with Crippen molar-refractivity contribution in [3.63, 3.8) is 0 Å². The first kappa shape index (κ1) is 29.4. The first-order chi connectivity index (χ1) is 18.5. The van der Waals surface area contributed by atoms with Gasteiger partial charge in [-0.15, -0.1) is 0 Å². The predicted octanol–water partition coefficient (Wildman–Crippen LogP) is 5.09. The lowest BCUT2D eigenvalue weighted by Gasteiger charge is -2.20. The molecular formula is C28H32ClN3O7. The number of carboxylic acid groups (broad SMARTS) is 1. The number of carbonyl (C=O) groups is 2. The van der Waals surface area contributed by atoms with E-state index in [1.165, 1.54) is 10.6 Å². The van der Waals surface area contributed by atoms with E-state index in [9.17, 15) is 24.6 Å². The summed E-state index contributed by atoms with van der Waals surface area (Å²) < 4.78 is 12.7. The molecule has 0 radical (unpaired) electrons. The third kappa shape index (κ3) is 7.67. The summed E-state index contributed by atoms with van der Waals surface area (Å²) in [6, 6.07) is 11.4. The van der Waals surface area contributed by atoms with Gasteiger partial charge in [-0.25, -0.2) is 4.79 Å². The van der Waals surface area contributed by atoms with Crippen molar-refractivity contribution in [2.45, 2.75) is 52.8 Å². The third-order valence-corrected chi connectivity index (χ3v) is 6.09. The number of carboxylic acids is 1. The van der Waals surface area contributed by atoms with Crippen LogP contribution in [0.1, 0.15) is 50.1 Å². The fraction of sp³-hybridized carbons (Fsp3) is 0.321. The van der Waals surface area contributed by atoms with Crippen LogP contribution in [0, 0.1) is 6.92 Å². The second-order valence-corrected chi connectivity index (χ2v) is 9.48. The number of benzene rings is 2. The summed E-state index contributed by atoms with van der Waals surface area (Å²) in [6.45, 7) is 7.61. The quantitative estimate of drug-likeness (QED) is 0.257. The zero-order valence-electron chi connectivity index (χ0n) is 22.2. The number of urea groups is 1. The highest BCUT2D eigenvalue weighted by atomic mass is 35.5. The van der Waals surface area contributed by atoms with Gasteiger partial charge in [-0.2, -0.15) is 0 Å². The number of nitrogens with one attached hydrogen (secondary N) is 2. The second kappa shape index (κ2) is 13.1. The zero-order valence-corrected chi connectivity index (χ0v) is 22.9. The predicted molar refractivity (Wildman–Crippen MR) is 148 cm³/mol. The van der Waals surface area contributed by atoms with Crippen LogP contribution < -0.4 is 25.7 Å². The van der Waals surface area contributed by atoms with Crippen molar-refractivity contribution in [2.24, 2.45) is 0 Å². The van der Waals surface area contributed by atoms with Crippen LogP contribution in [0.4, 0.5) is 10.5 Å². The van der Waals surface area contributed by atoms with Gasteiger partial charge in [0.25, 0.3) is 5.56 Å². The Bertz CT molecular complexity index is 1400. The molecule has 0 fully saturated rings. The summed E-state index contributed by atoms with van der Waals surface area (Å²) in [6.07, 6.45) is -0.522. The Kier molecular flexibility index (Phi) is 9.84. The van der Waals surface area contributed by atoms with E-state index >= 15 is 0 Å². The number of rotatable bonds is 11. The van der Waals surface area contributed by atoms with E-state index in [2.05, 4.69) is 10.6 Å². The fourth-order valence-electron chi connectivity index (χ4n) is 4.02. The van der Waals surface area contributed by atoms with E-state index in [0.29, 0.717) is 39.9 Å². The lowest BCUT2D eigenvalue weighted by Crippen LogP contribution is -2.36. The van der Waals surface area contributed by atoms with Crippen LogP contribution in [-0.2, 0) is 11.3 Å². The van der Waals surface area contributed by atoms with Crippen LogP contribution >= 0.6 is 11.6 Å². The lowest BCUT2D eigenvalue weighted by molar-refractivity contribution is -0.137. The van der Waals surface area contributed by atoms with Gasteiger partial charge in [0.1, 0.15) is 17.2 Å². The van der Waals surface area contributed by atoms with Crippen molar-refractivity contribution in [1.82, 2.24) is 9.88 Å². The first-order valence-electron chi connectivity index (χ1n) is 12.4. The number of hydrogen-bond donors (Lipinski definition) is 4. The van der Waals surface area contributed by atoms with Gasteiger partial charge in [0, 0.05) is 22.3 Å². The molecule has 1 aromatic heterocycles. The van der Waals surface area contributed by atoms with Crippen LogP contribution in [-0.4, -0.2) is 39.5 Å². The van der Waals surface area contributed by atoms with Crippen molar-refractivity contribution in [2.75, 3.05) is 11.9 Å². The molecule has 11 heteroatoms. The number of pyridine rings is 1. The molecule has 3 aromatic rings. The van der Waals surface area contributed by atoms with Crippen molar-refractivity contribution >= 4 is 29.3 Å². The van der Waals surface area contributed by atoms with Gasteiger partial charge in [0.2, 0.25) is 0 Å². The Morgan fingerprint density at radius 2 is 1.85 bits per heavy atom. The number of nitrogens with zero attached hydrogens (tertiary/aromatic N) is 1. The smallest absolute Gasteiger partial charge is 0.319 e. The van der Waals surface area contributed by atoms with E-state index in [1.54, 1.807) is 49.4 Å². The normalized spacial score (nSPS) is 11.6. The van der Waals surface area contributed by atoms with Crippen LogP contribution in [0.5, 0.6) is 17.2 Å². The highest BCUT2D eigenvalue weighted by molar-refractivity contribution is 6.31. The molecule has 2 aromatic carbocycles. The van der Waals surface area contributed by atoms with E-state index in [1.807, 2.05) is 20.8 Å². The molecule has 0 saturated carbocycles.